The van der Waals surface area contributed by atoms with E-state index in [-0.39, 0.29) is 5.92 Å². The second-order valence-electron chi connectivity index (χ2n) is 7.14. The molecular weight excluding hydrogens is 458 g/mol. The van der Waals surface area contributed by atoms with Crippen LogP contribution in [0.4, 0.5) is 0 Å². The van der Waals surface area contributed by atoms with Gasteiger partial charge in [0.1, 0.15) is 12.6 Å². The molecule has 5 nitrogen and oxygen atoms in total. The number of rotatable bonds is 11. The Balaban J connectivity index is 2.13. The first kappa shape index (κ1) is 23.5. The minimum Gasteiger partial charge on any atom is -0.490 e. The molecule has 29 heavy (non-hydrogen) atoms. The van der Waals surface area contributed by atoms with Gasteiger partial charge in [0.2, 0.25) is 0 Å². The molecule has 1 atom stereocenters. The summed E-state index contributed by atoms with van der Waals surface area (Å²) in [6, 6.07) is 10.6. The maximum atomic E-state index is 11.5. The predicted octanol–water partition coefficient (Wildman–Crippen LogP) is 5.67. The van der Waals surface area contributed by atoms with Gasteiger partial charge in [0.15, 0.2) is 11.5 Å². The fourth-order valence-corrected chi connectivity index (χ4v) is 3.40. The smallest absolute Gasteiger partial charge is 0.320 e. The number of hydrogen-bond donors (Lipinski definition) is 2. The van der Waals surface area contributed by atoms with Crippen LogP contribution >= 0.6 is 27.5 Å². The number of halogens is 2. The van der Waals surface area contributed by atoms with Gasteiger partial charge in [-0.1, -0.05) is 53.5 Å². The van der Waals surface area contributed by atoms with Crippen molar-refractivity contribution in [2.45, 2.75) is 46.4 Å². The summed E-state index contributed by atoms with van der Waals surface area (Å²) in [6.45, 7) is 7.21. The van der Waals surface area contributed by atoms with Crippen LogP contribution in [-0.2, 0) is 17.9 Å². The van der Waals surface area contributed by atoms with Crippen molar-refractivity contribution in [3.8, 4) is 11.5 Å². The van der Waals surface area contributed by atoms with E-state index in [1.54, 1.807) is 0 Å². The molecule has 0 aliphatic rings. The maximum absolute atomic E-state index is 11.5. The van der Waals surface area contributed by atoms with E-state index >= 15 is 0 Å². The van der Waals surface area contributed by atoms with Gasteiger partial charge in [-0.3, -0.25) is 4.79 Å². The molecule has 2 aromatic carbocycles. The summed E-state index contributed by atoms with van der Waals surface area (Å²) in [7, 11) is 0. The summed E-state index contributed by atoms with van der Waals surface area (Å²) in [5, 5.41) is 13.2. The lowest BCUT2D eigenvalue weighted by molar-refractivity contribution is -0.140. The highest BCUT2D eigenvalue weighted by molar-refractivity contribution is 9.10. The second-order valence-corrected chi connectivity index (χ2v) is 8.43. The molecule has 0 aromatic heterocycles. The Morgan fingerprint density at radius 1 is 1.17 bits per heavy atom. The van der Waals surface area contributed by atoms with Gasteiger partial charge in [-0.15, -0.1) is 0 Å². The van der Waals surface area contributed by atoms with Gasteiger partial charge in [-0.2, -0.15) is 0 Å². The summed E-state index contributed by atoms with van der Waals surface area (Å²) in [4.78, 5) is 11.5. The molecule has 2 rings (SSSR count). The molecular formula is C22H27BrClNO4. The van der Waals surface area contributed by atoms with E-state index in [0.29, 0.717) is 42.7 Å². The van der Waals surface area contributed by atoms with Gasteiger partial charge in [-0.25, -0.2) is 0 Å². The molecule has 0 heterocycles. The quantitative estimate of drug-likeness (QED) is 0.430. The molecule has 2 aromatic rings. The summed E-state index contributed by atoms with van der Waals surface area (Å²) in [5.41, 5.74) is 1.90. The molecule has 2 N–H and O–H groups in total. The monoisotopic (exact) mass is 483 g/mol. The molecule has 0 aliphatic carbocycles. The SMILES string of the molecule is CCOc1cc(CNC(CC(C)C)C(=O)O)c(Br)cc1OCc1ccc(Cl)cc1. The van der Waals surface area contributed by atoms with E-state index in [2.05, 4.69) is 21.2 Å². The Kier molecular flexibility index (Phi) is 9.27. The molecule has 158 valence electrons. The standard InChI is InChI=1S/C22H27BrClNO4/c1-4-28-20-10-16(12-25-19(22(26)27)9-14(2)3)18(23)11-21(20)29-13-15-5-7-17(24)8-6-15/h5-8,10-11,14,19,25H,4,9,12-13H2,1-3H3,(H,26,27). The second kappa shape index (κ2) is 11.4. The van der Waals surface area contributed by atoms with Crippen molar-refractivity contribution in [1.82, 2.24) is 5.32 Å². The van der Waals surface area contributed by atoms with Gasteiger partial charge in [0, 0.05) is 16.0 Å². The molecule has 0 saturated carbocycles. The predicted molar refractivity (Wildman–Crippen MR) is 119 cm³/mol. The number of carboxylic acid groups (broad SMARTS) is 1. The van der Waals surface area contributed by atoms with Crippen molar-refractivity contribution < 1.29 is 19.4 Å². The fraction of sp³-hybridized carbons (Fsp3) is 0.409. The lowest BCUT2D eigenvalue weighted by atomic mass is 10.0. The summed E-state index contributed by atoms with van der Waals surface area (Å²) in [5.74, 6) is 0.684. The number of carbonyl (C=O) groups is 1. The van der Waals surface area contributed by atoms with Crippen LogP contribution in [0.5, 0.6) is 11.5 Å². The minimum absolute atomic E-state index is 0.287. The van der Waals surface area contributed by atoms with Crippen LogP contribution in [0, 0.1) is 5.92 Å². The molecule has 0 fully saturated rings. The molecule has 0 aliphatic heterocycles. The van der Waals surface area contributed by atoms with Crippen molar-refractivity contribution in [2.24, 2.45) is 5.92 Å². The van der Waals surface area contributed by atoms with Gasteiger partial charge in [0.05, 0.1) is 6.61 Å². The van der Waals surface area contributed by atoms with Gasteiger partial charge >= 0.3 is 5.97 Å². The maximum Gasteiger partial charge on any atom is 0.320 e. The molecule has 0 bridgehead atoms. The number of nitrogens with one attached hydrogen (secondary N) is 1. The summed E-state index contributed by atoms with van der Waals surface area (Å²) in [6.07, 6.45) is 0.563. The molecule has 0 saturated heterocycles. The van der Waals surface area contributed by atoms with Crippen molar-refractivity contribution in [2.75, 3.05) is 6.61 Å². The van der Waals surface area contributed by atoms with E-state index in [0.717, 1.165) is 15.6 Å². The first-order chi connectivity index (χ1) is 13.8. The van der Waals surface area contributed by atoms with Crippen molar-refractivity contribution in [3.63, 3.8) is 0 Å². The van der Waals surface area contributed by atoms with Crippen molar-refractivity contribution >= 4 is 33.5 Å². The van der Waals surface area contributed by atoms with Crippen molar-refractivity contribution in [1.29, 1.82) is 0 Å². The van der Waals surface area contributed by atoms with E-state index in [4.69, 9.17) is 21.1 Å². The summed E-state index contributed by atoms with van der Waals surface area (Å²) >= 11 is 9.49. The molecule has 0 radical (unpaired) electrons. The van der Waals surface area contributed by atoms with Crippen LogP contribution in [0.25, 0.3) is 0 Å². The van der Waals surface area contributed by atoms with Crippen molar-refractivity contribution in [3.05, 3.63) is 57.0 Å². The van der Waals surface area contributed by atoms with Gasteiger partial charge < -0.3 is 19.9 Å². The number of aliphatic carboxylic acids is 1. The highest BCUT2D eigenvalue weighted by Crippen LogP contribution is 2.34. The van der Waals surface area contributed by atoms with E-state index in [9.17, 15) is 9.90 Å². The average Bonchev–Trinajstić information content (AvgIpc) is 2.66. The van der Waals surface area contributed by atoms with E-state index < -0.39 is 12.0 Å². The third-order valence-corrected chi connectivity index (χ3v) is 5.25. The Morgan fingerprint density at radius 2 is 1.83 bits per heavy atom. The van der Waals surface area contributed by atoms with Crippen LogP contribution in [0.2, 0.25) is 5.02 Å². The molecule has 7 heteroatoms. The molecule has 1 unspecified atom stereocenters. The Bertz CT molecular complexity index is 811. The normalized spacial score (nSPS) is 12.1. The lowest BCUT2D eigenvalue weighted by Crippen LogP contribution is -2.37. The third-order valence-electron chi connectivity index (χ3n) is 4.26. The average molecular weight is 485 g/mol. The zero-order valence-corrected chi connectivity index (χ0v) is 19.2. The van der Waals surface area contributed by atoms with Crippen LogP contribution in [0.1, 0.15) is 38.3 Å². The zero-order valence-electron chi connectivity index (χ0n) is 16.9. The zero-order chi connectivity index (χ0) is 21.4. The Hall–Kier alpha value is -1.76. The fourth-order valence-electron chi connectivity index (χ4n) is 2.81. The van der Waals surface area contributed by atoms with Gasteiger partial charge in [-0.05, 0) is 54.7 Å². The van der Waals surface area contributed by atoms with Crippen LogP contribution in [0.15, 0.2) is 40.9 Å². The highest BCUT2D eigenvalue weighted by atomic mass is 79.9. The van der Waals surface area contributed by atoms with Crippen LogP contribution < -0.4 is 14.8 Å². The largest absolute Gasteiger partial charge is 0.490 e. The van der Waals surface area contributed by atoms with E-state index in [1.165, 1.54) is 0 Å². The lowest BCUT2D eigenvalue weighted by Gasteiger charge is -2.19. The number of benzene rings is 2. The number of hydrogen-bond acceptors (Lipinski definition) is 4. The molecule has 0 amide bonds. The number of ether oxygens (including phenoxy) is 2. The highest BCUT2D eigenvalue weighted by Gasteiger charge is 2.19. The van der Waals surface area contributed by atoms with E-state index in [1.807, 2.05) is 57.2 Å². The third kappa shape index (κ3) is 7.53. The van der Waals surface area contributed by atoms with Crippen LogP contribution in [0.3, 0.4) is 0 Å². The minimum atomic E-state index is -0.845. The first-order valence-corrected chi connectivity index (χ1v) is 10.8. The Labute approximate surface area is 185 Å². The summed E-state index contributed by atoms with van der Waals surface area (Å²) < 4.78 is 12.5. The molecule has 0 spiro atoms. The number of carboxylic acids is 1. The topological polar surface area (TPSA) is 67.8 Å². The van der Waals surface area contributed by atoms with Crippen LogP contribution in [-0.4, -0.2) is 23.7 Å². The van der Waals surface area contributed by atoms with Gasteiger partial charge in [0.25, 0.3) is 0 Å². The first-order valence-electron chi connectivity index (χ1n) is 9.58. The Morgan fingerprint density at radius 3 is 2.41 bits per heavy atom.